The average molecular weight is 235 g/mol. The summed E-state index contributed by atoms with van der Waals surface area (Å²) < 4.78 is 5.73. The van der Waals surface area contributed by atoms with Gasteiger partial charge < -0.3 is 10.1 Å². The molecule has 1 fully saturated rings. The summed E-state index contributed by atoms with van der Waals surface area (Å²) in [4.78, 5) is 9.23. The molecule has 1 aliphatic rings. The number of anilines is 1. The molecule has 0 amide bonds. The first-order valence-corrected chi connectivity index (χ1v) is 6.35. The van der Waals surface area contributed by atoms with Crippen molar-refractivity contribution in [2.24, 2.45) is 0 Å². The largest absolute Gasteiger partial charge is 0.373 e. The fraction of sp³-hybridized carbons (Fsp3) is 0.692. The van der Waals surface area contributed by atoms with E-state index in [2.05, 4.69) is 22.2 Å². The Morgan fingerprint density at radius 1 is 1.35 bits per heavy atom. The maximum Gasteiger partial charge on any atom is 0.162 e. The van der Waals surface area contributed by atoms with Crippen molar-refractivity contribution >= 4 is 5.82 Å². The zero-order chi connectivity index (χ0) is 12.3. The van der Waals surface area contributed by atoms with Crippen LogP contribution < -0.4 is 5.32 Å². The molecular weight excluding hydrogens is 214 g/mol. The fourth-order valence-corrected chi connectivity index (χ4v) is 2.48. The van der Waals surface area contributed by atoms with E-state index < -0.39 is 0 Å². The molecule has 1 N–H and O–H groups in total. The number of methoxy groups -OCH3 is 1. The SMILES string of the molecule is CCc1cc(NC)nc(C2(OC)CCCC2)n1. The lowest BCUT2D eigenvalue weighted by atomic mass is 10.0. The second-order valence-corrected chi connectivity index (χ2v) is 4.58. The number of ether oxygens (including phenoxy) is 1. The van der Waals surface area contributed by atoms with E-state index in [1.165, 1.54) is 12.8 Å². The normalized spacial score (nSPS) is 18.3. The summed E-state index contributed by atoms with van der Waals surface area (Å²) in [7, 11) is 3.66. The molecule has 1 heterocycles. The first-order chi connectivity index (χ1) is 8.24. The molecule has 1 aromatic rings. The predicted molar refractivity (Wildman–Crippen MR) is 68.1 cm³/mol. The van der Waals surface area contributed by atoms with Gasteiger partial charge in [-0.2, -0.15) is 0 Å². The Labute approximate surface area is 103 Å². The van der Waals surface area contributed by atoms with E-state index in [9.17, 15) is 0 Å². The Morgan fingerprint density at radius 3 is 2.59 bits per heavy atom. The highest BCUT2D eigenvalue weighted by Crippen LogP contribution is 2.40. The molecule has 0 atom stereocenters. The van der Waals surface area contributed by atoms with Crippen molar-refractivity contribution in [1.82, 2.24) is 9.97 Å². The zero-order valence-electron chi connectivity index (χ0n) is 10.9. The molecule has 17 heavy (non-hydrogen) atoms. The number of aryl methyl sites for hydroxylation is 1. The van der Waals surface area contributed by atoms with Crippen molar-refractivity contribution in [3.8, 4) is 0 Å². The van der Waals surface area contributed by atoms with Crippen LogP contribution in [-0.2, 0) is 16.8 Å². The Morgan fingerprint density at radius 2 is 2.06 bits per heavy atom. The van der Waals surface area contributed by atoms with E-state index in [1.54, 1.807) is 7.11 Å². The summed E-state index contributed by atoms with van der Waals surface area (Å²) in [5.74, 6) is 1.73. The molecule has 0 spiro atoms. The summed E-state index contributed by atoms with van der Waals surface area (Å²) in [6.07, 6.45) is 5.37. The minimum Gasteiger partial charge on any atom is -0.373 e. The van der Waals surface area contributed by atoms with Crippen molar-refractivity contribution in [1.29, 1.82) is 0 Å². The Hall–Kier alpha value is -1.16. The molecule has 4 heteroatoms. The highest BCUT2D eigenvalue weighted by atomic mass is 16.5. The number of rotatable bonds is 4. The van der Waals surface area contributed by atoms with Gasteiger partial charge in [-0.3, -0.25) is 0 Å². The zero-order valence-corrected chi connectivity index (χ0v) is 10.9. The minimum atomic E-state index is -0.253. The van der Waals surface area contributed by atoms with Crippen LogP contribution in [0.4, 0.5) is 5.82 Å². The molecule has 1 aromatic heterocycles. The highest BCUT2D eigenvalue weighted by Gasteiger charge is 2.38. The third-order valence-corrected chi connectivity index (χ3v) is 3.61. The number of hydrogen-bond donors (Lipinski definition) is 1. The predicted octanol–water partition coefficient (Wildman–Crippen LogP) is 2.50. The molecular formula is C13H21N3O. The van der Waals surface area contributed by atoms with Gasteiger partial charge in [0.05, 0.1) is 0 Å². The first-order valence-electron chi connectivity index (χ1n) is 6.35. The van der Waals surface area contributed by atoms with Crippen LogP contribution in [0.15, 0.2) is 6.07 Å². The topological polar surface area (TPSA) is 47.0 Å². The van der Waals surface area contributed by atoms with Crippen LogP contribution in [0, 0.1) is 0 Å². The van der Waals surface area contributed by atoms with Crippen LogP contribution >= 0.6 is 0 Å². The van der Waals surface area contributed by atoms with Gasteiger partial charge in [0.1, 0.15) is 11.4 Å². The molecule has 0 radical (unpaired) electrons. The maximum absolute atomic E-state index is 5.73. The van der Waals surface area contributed by atoms with Gasteiger partial charge in [-0.1, -0.05) is 6.92 Å². The van der Waals surface area contributed by atoms with E-state index in [1.807, 2.05) is 13.1 Å². The number of nitrogens with zero attached hydrogens (tertiary/aromatic N) is 2. The van der Waals surface area contributed by atoms with Crippen molar-refractivity contribution in [3.05, 3.63) is 17.6 Å². The number of nitrogens with one attached hydrogen (secondary N) is 1. The lowest BCUT2D eigenvalue weighted by Gasteiger charge is -2.26. The summed E-state index contributed by atoms with van der Waals surface area (Å²) in [5.41, 5.74) is 0.819. The van der Waals surface area contributed by atoms with Crippen LogP contribution in [0.1, 0.15) is 44.1 Å². The Kier molecular flexibility index (Phi) is 3.62. The van der Waals surface area contributed by atoms with Gasteiger partial charge in [-0.05, 0) is 32.1 Å². The monoisotopic (exact) mass is 235 g/mol. The lowest BCUT2D eigenvalue weighted by molar-refractivity contribution is -0.0163. The van der Waals surface area contributed by atoms with Gasteiger partial charge in [-0.15, -0.1) is 0 Å². The van der Waals surface area contributed by atoms with Gasteiger partial charge in [0.2, 0.25) is 0 Å². The minimum absolute atomic E-state index is 0.253. The van der Waals surface area contributed by atoms with Gasteiger partial charge in [-0.25, -0.2) is 9.97 Å². The van der Waals surface area contributed by atoms with Crippen molar-refractivity contribution in [2.75, 3.05) is 19.5 Å². The molecule has 94 valence electrons. The molecule has 4 nitrogen and oxygen atoms in total. The Balaban J connectivity index is 2.42. The van der Waals surface area contributed by atoms with E-state index in [0.717, 1.165) is 36.6 Å². The van der Waals surface area contributed by atoms with Crippen LogP contribution in [0.5, 0.6) is 0 Å². The molecule has 0 unspecified atom stereocenters. The quantitative estimate of drug-likeness (QED) is 0.871. The van der Waals surface area contributed by atoms with Gasteiger partial charge in [0, 0.05) is 25.9 Å². The van der Waals surface area contributed by atoms with Crippen LogP contribution in [-0.4, -0.2) is 24.1 Å². The van der Waals surface area contributed by atoms with Crippen molar-refractivity contribution in [2.45, 2.75) is 44.6 Å². The van der Waals surface area contributed by atoms with E-state index in [4.69, 9.17) is 4.74 Å². The second-order valence-electron chi connectivity index (χ2n) is 4.58. The molecule has 0 aliphatic heterocycles. The lowest BCUT2D eigenvalue weighted by Crippen LogP contribution is -2.28. The summed E-state index contributed by atoms with van der Waals surface area (Å²) in [5, 5.41) is 3.10. The first kappa shape index (κ1) is 12.3. The number of hydrogen-bond acceptors (Lipinski definition) is 4. The fourth-order valence-electron chi connectivity index (χ4n) is 2.48. The summed E-state index contributed by atoms with van der Waals surface area (Å²) in [6, 6.07) is 2.00. The van der Waals surface area contributed by atoms with E-state index in [0.29, 0.717) is 0 Å². The van der Waals surface area contributed by atoms with Gasteiger partial charge in [0.15, 0.2) is 5.82 Å². The number of aromatic nitrogens is 2. The second kappa shape index (κ2) is 5.00. The summed E-state index contributed by atoms with van der Waals surface area (Å²) >= 11 is 0. The van der Waals surface area contributed by atoms with Gasteiger partial charge >= 0.3 is 0 Å². The Bertz CT molecular complexity index is 364. The van der Waals surface area contributed by atoms with Crippen molar-refractivity contribution in [3.63, 3.8) is 0 Å². The third kappa shape index (κ3) is 2.27. The molecule has 0 bridgehead atoms. The molecule has 0 aromatic carbocycles. The van der Waals surface area contributed by atoms with Crippen LogP contribution in [0.3, 0.4) is 0 Å². The smallest absolute Gasteiger partial charge is 0.162 e. The van der Waals surface area contributed by atoms with Crippen molar-refractivity contribution < 1.29 is 4.74 Å². The highest BCUT2D eigenvalue weighted by molar-refractivity contribution is 5.36. The van der Waals surface area contributed by atoms with Crippen LogP contribution in [0.25, 0.3) is 0 Å². The summed E-state index contributed by atoms with van der Waals surface area (Å²) in [6.45, 7) is 2.11. The molecule has 1 aliphatic carbocycles. The van der Waals surface area contributed by atoms with Crippen LogP contribution in [0.2, 0.25) is 0 Å². The molecule has 2 rings (SSSR count). The molecule has 1 saturated carbocycles. The van der Waals surface area contributed by atoms with E-state index in [-0.39, 0.29) is 5.60 Å². The maximum atomic E-state index is 5.73. The average Bonchev–Trinajstić information content (AvgIpc) is 2.88. The molecule has 0 saturated heterocycles. The van der Waals surface area contributed by atoms with Gasteiger partial charge in [0.25, 0.3) is 0 Å². The standard InChI is InChI=1S/C13H21N3O/c1-4-10-9-11(14-2)16-12(15-10)13(17-3)7-5-6-8-13/h9H,4-8H2,1-3H3,(H,14,15,16). The third-order valence-electron chi connectivity index (χ3n) is 3.61. The van der Waals surface area contributed by atoms with E-state index >= 15 is 0 Å².